The maximum atomic E-state index is 12.4. The molecule has 2 aromatic carbocycles. The standard InChI is InChI=1S/C24H32N3O7P/c1-6-10-25-18-11-15(8-9-21(18)32-5)22-23(26-27-24(22)34-35(30,31)33-7-2)17-12-16(14(3)4)19(28)13-20(17)29/h8-9,11-14,25,28-29H,6-7,10H2,1-5H3,(H,26,27)(H,30,31). The van der Waals surface area contributed by atoms with Gasteiger partial charge in [0.1, 0.15) is 17.2 Å². The van der Waals surface area contributed by atoms with Crippen molar-refractivity contribution in [3.05, 3.63) is 35.9 Å². The predicted octanol–water partition coefficient (Wildman–Crippen LogP) is 5.62. The molecular weight excluding hydrogens is 473 g/mol. The first-order valence-electron chi connectivity index (χ1n) is 11.4. The fourth-order valence-corrected chi connectivity index (χ4v) is 4.40. The molecule has 5 N–H and O–H groups in total. The summed E-state index contributed by atoms with van der Waals surface area (Å²) in [6.07, 6.45) is 0.889. The molecule has 3 rings (SSSR count). The molecule has 0 radical (unpaired) electrons. The summed E-state index contributed by atoms with van der Waals surface area (Å²) in [6, 6.07) is 8.22. The molecule has 1 atom stereocenters. The van der Waals surface area contributed by atoms with Gasteiger partial charge in [0.05, 0.1) is 30.7 Å². The molecule has 190 valence electrons. The Morgan fingerprint density at radius 3 is 2.51 bits per heavy atom. The van der Waals surface area contributed by atoms with Gasteiger partial charge in [0, 0.05) is 18.2 Å². The number of ether oxygens (including phenoxy) is 1. The van der Waals surface area contributed by atoms with E-state index in [9.17, 15) is 19.7 Å². The lowest BCUT2D eigenvalue weighted by Crippen LogP contribution is -2.02. The van der Waals surface area contributed by atoms with Crippen molar-refractivity contribution in [1.29, 1.82) is 0 Å². The summed E-state index contributed by atoms with van der Waals surface area (Å²) in [5, 5.41) is 31.2. The molecule has 1 unspecified atom stereocenters. The van der Waals surface area contributed by atoms with Crippen LogP contribution in [-0.4, -0.2) is 45.6 Å². The fourth-order valence-electron chi connectivity index (χ4n) is 3.67. The lowest BCUT2D eigenvalue weighted by atomic mass is 9.94. The number of aromatic nitrogens is 2. The van der Waals surface area contributed by atoms with Crippen molar-refractivity contribution in [3.8, 4) is 45.5 Å². The van der Waals surface area contributed by atoms with Crippen LogP contribution in [0.2, 0.25) is 0 Å². The van der Waals surface area contributed by atoms with Crippen LogP contribution >= 0.6 is 7.82 Å². The highest BCUT2D eigenvalue weighted by Crippen LogP contribution is 2.50. The molecule has 0 aliphatic rings. The molecule has 0 amide bonds. The Labute approximate surface area is 204 Å². The number of phenolic OH excluding ortho intramolecular Hbond substituents is 2. The number of phosphoric acid groups is 1. The molecule has 11 heteroatoms. The number of hydrogen-bond acceptors (Lipinski definition) is 8. The van der Waals surface area contributed by atoms with E-state index < -0.39 is 7.82 Å². The van der Waals surface area contributed by atoms with E-state index in [2.05, 4.69) is 15.5 Å². The van der Waals surface area contributed by atoms with Crippen LogP contribution in [0.15, 0.2) is 30.3 Å². The van der Waals surface area contributed by atoms with Gasteiger partial charge in [-0.05, 0) is 48.6 Å². The summed E-state index contributed by atoms with van der Waals surface area (Å²) < 4.78 is 28.1. The van der Waals surface area contributed by atoms with Crippen LogP contribution in [0.1, 0.15) is 45.6 Å². The topological polar surface area (TPSA) is 146 Å². The van der Waals surface area contributed by atoms with E-state index in [0.29, 0.717) is 45.9 Å². The molecule has 35 heavy (non-hydrogen) atoms. The van der Waals surface area contributed by atoms with Crippen LogP contribution in [0.4, 0.5) is 5.69 Å². The zero-order chi connectivity index (χ0) is 25.8. The number of nitrogens with zero attached hydrogens (tertiary/aromatic N) is 1. The molecule has 1 aromatic heterocycles. The van der Waals surface area contributed by atoms with Crippen LogP contribution < -0.4 is 14.6 Å². The third-order valence-electron chi connectivity index (χ3n) is 5.32. The number of anilines is 1. The Morgan fingerprint density at radius 2 is 1.89 bits per heavy atom. The second-order valence-electron chi connectivity index (χ2n) is 8.18. The first-order valence-corrected chi connectivity index (χ1v) is 12.8. The first-order chi connectivity index (χ1) is 16.6. The molecular formula is C24H32N3O7P. The van der Waals surface area contributed by atoms with E-state index in [4.69, 9.17) is 13.8 Å². The molecule has 0 bridgehead atoms. The van der Waals surface area contributed by atoms with Gasteiger partial charge < -0.3 is 24.8 Å². The maximum Gasteiger partial charge on any atom is 0.528 e. The number of aromatic amines is 1. The van der Waals surface area contributed by atoms with E-state index in [0.717, 1.165) is 6.42 Å². The van der Waals surface area contributed by atoms with Gasteiger partial charge in [-0.15, -0.1) is 5.10 Å². The summed E-state index contributed by atoms with van der Waals surface area (Å²) >= 11 is 0. The number of phosphoric ester groups is 1. The number of aromatic hydroxyl groups is 2. The maximum absolute atomic E-state index is 12.4. The van der Waals surface area contributed by atoms with Crippen molar-refractivity contribution in [2.75, 3.05) is 25.6 Å². The number of benzene rings is 2. The Kier molecular flexibility index (Phi) is 8.32. The van der Waals surface area contributed by atoms with E-state index in [1.807, 2.05) is 20.8 Å². The van der Waals surface area contributed by atoms with E-state index in [1.165, 1.54) is 6.07 Å². The molecule has 1 heterocycles. The van der Waals surface area contributed by atoms with Crippen molar-refractivity contribution in [1.82, 2.24) is 10.2 Å². The third-order valence-corrected chi connectivity index (χ3v) is 6.31. The van der Waals surface area contributed by atoms with Gasteiger partial charge in [-0.3, -0.25) is 14.5 Å². The monoisotopic (exact) mass is 505 g/mol. The Balaban J connectivity index is 2.25. The van der Waals surface area contributed by atoms with Crippen LogP contribution in [0.3, 0.4) is 0 Å². The van der Waals surface area contributed by atoms with Crippen LogP contribution in [0.5, 0.6) is 23.1 Å². The van der Waals surface area contributed by atoms with Crippen LogP contribution in [0.25, 0.3) is 22.4 Å². The number of rotatable bonds is 11. The van der Waals surface area contributed by atoms with Gasteiger partial charge in [-0.1, -0.05) is 26.8 Å². The normalized spacial score (nSPS) is 13.0. The summed E-state index contributed by atoms with van der Waals surface area (Å²) in [5.74, 6) is 0.178. The zero-order valence-electron chi connectivity index (χ0n) is 20.5. The largest absolute Gasteiger partial charge is 0.528 e. The van der Waals surface area contributed by atoms with E-state index in [1.54, 1.807) is 38.3 Å². The first kappa shape index (κ1) is 26.4. The number of phenols is 2. The van der Waals surface area contributed by atoms with Gasteiger partial charge >= 0.3 is 7.82 Å². The molecule has 10 nitrogen and oxygen atoms in total. The highest BCUT2D eigenvalue weighted by atomic mass is 31.2. The number of H-pyrrole nitrogens is 1. The van der Waals surface area contributed by atoms with Gasteiger partial charge in [-0.25, -0.2) is 4.57 Å². The van der Waals surface area contributed by atoms with Gasteiger partial charge in [-0.2, -0.15) is 0 Å². The molecule has 3 aromatic rings. The van der Waals surface area contributed by atoms with E-state index >= 15 is 0 Å². The number of hydrogen-bond donors (Lipinski definition) is 5. The second-order valence-corrected chi connectivity index (χ2v) is 9.56. The smallest absolute Gasteiger partial charge is 0.508 e. The predicted molar refractivity (Wildman–Crippen MR) is 134 cm³/mol. The van der Waals surface area contributed by atoms with Gasteiger partial charge in [0.2, 0.25) is 0 Å². The highest BCUT2D eigenvalue weighted by Gasteiger charge is 2.29. The van der Waals surface area contributed by atoms with Crippen molar-refractivity contribution in [2.45, 2.75) is 40.0 Å². The Morgan fingerprint density at radius 1 is 1.14 bits per heavy atom. The molecule has 0 aliphatic heterocycles. The fraction of sp³-hybridized carbons (Fsp3) is 0.375. The average Bonchev–Trinajstić information content (AvgIpc) is 3.19. The second kappa shape index (κ2) is 11.0. The summed E-state index contributed by atoms with van der Waals surface area (Å²) in [6.45, 7) is 8.10. The minimum atomic E-state index is -4.45. The minimum absolute atomic E-state index is 0.0297. The quantitative estimate of drug-likeness (QED) is 0.209. The Hall–Kier alpha value is -3.20. The van der Waals surface area contributed by atoms with E-state index in [-0.39, 0.29) is 29.9 Å². The molecule has 0 spiro atoms. The lowest BCUT2D eigenvalue weighted by Gasteiger charge is -2.16. The molecule has 0 aliphatic carbocycles. The molecule has 0 fully saturated rings. The van der Waals surface area contributed by atoms with Crippen molar-refractivity contribution >= 4 is 13.5 Å². The number of methoxy groups -OCH3 is 1. The van der Waals surface area contributed by atoms with Crippen molar-refractivity contribution < 1.29 is 33.5 Å². The summed E-state index contributed by atoms with van der Waals surface area (Å²) in [4.78, 5) is 10.1. The third kappa shape index (κ3) is 5.90. The summed E-state index contributed by atoms with van der Waals surface area (Å²) in [7, 11) is -2.89. The Bertz CT molecular complexity index is 1230. The lowest BCUT2D eigenvalue weighted by molar-refractivity contribution is 0.211. The van der Waals surface area contributed by atoms with Gasteiger partial charge in [0.25, 0.3) is 5.88 Å². The highest BCUT2D eigenvalue weighted by molar-refractivity contribution is 7.47. The SMILES string of the molecule is CCCNc1cc(-c2c(OP(=O)(O)OCC)n[nH]c2-c2cc(C(C)C)c(O)cc2O)ccc1OC. The average molecular weight is 506 g/mol. The zero-order valence-corrected chi connectivity index (χ0v) is 21.3. The summed E-state index contributed by atoms with van der Waals surface area (Å²) in [5.41, 5.74) is 2.91. The molecule has 0 saturated carbocycles. The van der Waals surface area contributed by atoms with Crippen molar-refractivity contribution in [2.24, 2.45) is 0 Å². The number of nitrogens with one attached hydrogen (secondary N) is 2. The van der Waals surface area contributed by atoms with Crippen LogP contribution in [0, 0.1) is 0 Å². The molecule has 0 saturated heterocycles. The van der Waals surface area contributed by atoms with Gasteiger partial charge in [0.15, 0.2) is 0 Å². The minimum Gasteiger partial charge on any atom is -0.508 e. The van der Waals surface area contributed by atoms with Crippen LogP contribution in [-0.2, 0) is 9.09 Å². The van der Waals surface area contributed by atoms with Crippen molar-refractivity contribution in [3.63, 3.8) is 0 Å².